The zero-order valence-corrected chi connectivity index (χ0v) is 8.08. The molecule has 0 aromatic heterocycles. The summed E-state index contributed by atoms with van der Waals surface area (Å²) in [5, 5.41) is 8.75. The van der Waals surface area contributed by atoms with Crippen LogP contribution in [0.1, 0.15) is 38.5 Å². The van der Waals surface area contributed by atoms with Crippen LogP contribution in [0.2, 0.25) is 0 Å². The third-order valence-corrected chi connectivity index (χ3v) is 4.92. The van der Waals surface area contributed by atoms with Crippen molar-refractivity contribution < 1.29 is 0 Å². The fourth-order valence-electron chi connectivity index (χ4n) is 4.56. The zero-order valence-electron chi connectivity index (χ0n) is 8.08. The van der Waals surface area contributed by atoms with E-state index in [0.29, 0.717) is 0 Å². The summed E-state index contributed by atoms with van der Waals surface area (Å²) in [5.41, 5.74) is 0. The van der Waals surface area contributed by atoms with Crippen molar-refractivity contribution in [2.45, 2.75) is 38.5 Å². The van der Waals surface area contributed by atoms with Crippen molar-refractivity contribution >= 4 is 0 Å². The molecule has 1 heteroatoms. The van der Waals surface area contributed by atoms with Gasteiger partial charge in [0, 0.05) is 6.42 Å². The second-order valence-electron chi connectivity index (χ2n) is 5.28. The molecule has 0 aliphatic heterocycles. The topological polar surface area (TPSA) is 23.8 Å². The number of nitrogens with zero attached hydrogens (tertiary/aromatic N) is 1. The Morgan fingerprint density at radius 3 is 2.77 bits per heavy atom. The third kappa shape index (κ3) is 0.980. The molecule has 0 heterocycles. The van der Waals surface area contributed by atoms with E-state index in [2.05, 4.69) is 6.07 Å². The molecule has 0 radical (unpaired) electrons. The van der Waals surface area contributed by atoms with Crippen LogP contribution >= 0.6 is 0 Å². The highest BCUT2D eigenvalue weighted by Crippen LogP contribution is 2.61. The molecule has 3 fully saturated rings. The molecule has 1 nitrogen and oxygen atoms in total. The van der Waals surface area contributed by atoms with Crippen molar-refractivity contribution in [2.75, 3.05) is 0 Å². The number of nitriles is 1. The molecule has 0 aromatic carbocycles. The molecule has 3 rings (SSSR count). The summed E-state index contributed by atoms with van der Waals surface area (Å²) in [5.74, 6) is 4.89. The number of rotatable bonds is 1. The maximum atomic E-state index is 8.75. The lowest BCUT2D eigenvalue weighted by Crippen LogP contribution is -2.23. The molecular formula is C12H17N. The van der Waals surface area contributed by atoms with Gasteiger partial charge in [0.2, 0.25) is 0 Å². The van der Waals surface area contributed by atoms with E-state index in [1.165, 1.54) is 32.1 Å². The lowest BCUT2D eigenvalue weighted by molar-refractivity contribution is 0.192. The Hall–Kier alpha value is -0.510. The summed E-state index contributed by atoms with van der Waals surface area (Å²) < 4.78 is 0. The third-order valence-electron chi connectivity index (χ3n) is 4.92. The van der Waals surface area contributed by atoms with E-state index >= 15 is 0 Å². The van der Waals surface area contributed by atoms with Gasteiger partial charge in [0.25, 0.3) is 0 Å². The second-order valence-corrected chi connectivity index (χ2v) is 5.28. The van der Waals surface area contributed by atoms with Gasteiger partial charge in [-0.1, -0.05) is 6.42 Å². The van der Waals surface area contributed by atoms with Crippen molar-refractivity contribution in [2.24, 2.45) is 29.6 Å². The lowest BCUT2D eigenvalue weighted by atomic mass is 9.75. The molecule has 0 amide bonds. The van der Waals surface area contributed by atoms with Gasteiger partial charge in [0.1, 0.15) is 0 Å². The molecule has 0 saturated heterocycles. The summed E-state index contributed by atoms with van der Waals surface area (Å²) in [6, 6.07) is 2.37. The summed E-state index contributed by atoms with van der Waals surface area (Å²) in [6.45, 7) is 0. The van der Waals surface area contributed by atoms with Gasteiger partial charge >= 0.3 is 0 Å². The standard InChI is InChI=1S/C12H17N/c13-5-4-8-6-9-7-12(8)11-3-1-2-10(9)11/h8-12H,1-4,6-7H2/t8-,9-,10+,11+,12-/m1/s1. The fourth-order valence-corrected chi connectivity index (χ4v) is 4.56. The molecule has 3 aliphatic carbocycles. The monoisotopic (exact) mass is 175 g/mol. The van der Waals surface area contributed by atoms with E-state index in [4.69, 9.17) is 5.26 Å². The lowest BCUT2D eigenvalue weighted by Gasteiger charge is -2.30. The minimum atomic E-state index is 0.786. The average molecular weight is 175 g/mol. The average Bonchev–Trinajstić information content (AvgIpc) is 2.72. The normalized spacial score (nSPS) is 52.1. The molecule has 0 unspecified atom stereocenters. The molecule has 0 N–H and O–H groups in total. The highest BCUT2D eigenvalue weighted by atomic mass is 14.6. The smallest absolute Gasteiger partial charge is 0.0624 e. The summed E-state index contributed by atoms with van der Waals surface area (Å²) in [7, 11) is 0. The SMILES string of the molecule is N#CC[C@@H]1C[C@@H]2C[C@H]1[C@H]1CCC[C@@H]21. The van der Waals surface area contributed by atoms with Crippen molar-refractivity contribution in [3.05, 3.63) is 0 Å². The van der Waals surface area contributed by atoms with Gasteiger partial charge in [-0.2, -0.15) is 5.26 Å². The predicted molar refractivity (Wildman–Crippen MR) is 50.8 cm³/mol. The minimum Gasteiger partial charge on any atom is -0.198 e. The van der Waals surface area contributed by atoms with Crippen LogP contribution in [-0.4, -0.2) is 0 Å². The second kappa shape index (κ2) is 2.74. The molecule has 0 spiro atoms. The van der Waals surface area contributed by atoms with Crippen LogP contribution in [0.15, 0.2) is 0 Å². The largest absolute Gasteiger partial charge is 0.198 e. The Bertz CT molecular complexity index is 252. The highest BCUT2D eigenvalue weighted by Gasteiger charge is 2.53. The van der Waals surface area contributed by atoms with Crippen molar-refractivity contribution in [1.29, 1.82) is 5.26 Å². The van der Waals surface area contributed by atoms with Gasteiger partial charge in [-0.05, 0) is 55.3 Å². The Kier molecular flexibility index (Phi) is 1.65. The van der Waals surface area contributed by atoms with Crippen molar-refractivity contribution in [3.63, 3.8) is 0 Å². The van der Waals surface area contributed by atoms with Gasteiger partial charge in [-0.15, -0.1) is 0 Å². The Labute approximate surface area is 80.1 Å². The maximum absolute atomic E-state index is 8.75. The number of fused-ring (bicyclic) bond motifs is 5. The Morgan fingerprint density at radius 2 is 1.92 bits per heavy atom. The van der Waals surface area contributed by atoms with Gasteiger partial charge in [0.05, 0.1) is 6.07 Å². The highest BCUT2D eigenvalue weighted by molar-refractivity contribution is 5.04. The fraction of sp³-hybridized carbons (Fsp3) is 0.917. The molecule has 0 aromatic rings. The summed E-state index contributed by atoms with van der Waals surface area (Å²) >= 11 is 0. The van der Waals surface area contributed by atoms with Crippen LogP contribution in [0.5, 0.6) is 0 Å². The van der Waals surface area contributed by atoms with E-state index in [9.17, 15) is 0 Å². The first-order valence-corrected chi connectivity index (χ1v) is 5.77. The number of hydrogen-bond donors (Lipinski definition) is 0. The molecule has 70 valence electrons. The molecule has 5 atom stereocenters. The molecule has 3 saturated carbocycles. The Balaban J connectivity index is 1.79. The number of hydrogen-bond acceptors (Lipinski definition) is 1. The summed E-state index contributed by atoms with van der Waals surface area (Å²) in [6.07, 6.45) is 8.16. The predicted octanol–water partition coefficient (Wildman–Crippen LogP) is 2.97. The first kappa shape index (κ1) is 7.85. The van der Waals surface area contributed by atoms with Crippen LogP contribution in [0.4, 0.5) is 0 Å². The van der Waals surface area contributed by atoms with E-state index in [0.717, 1.165) is 36.0 Å². The van der Waals surface area contributed by atoms with Crippen LogP contribution in [-0.2, 0) is 0 Å². The van der Waals surface area contributed by atoms with Crippen molar-refractivity contribution in [3.8, 4) is 6.07 Å². The van der Waals surface area contributed by atoms with Crippen LogP contribution in [0.25, 0.3) is 0 Å². The van der Waals surface area contributed by atoms with Crippen LogP contribution in [0.3, 0.4) is 0 Å². The maximum Gasteiger partial charge on any atom is 0.0624 e. The van der Waals surface area contributed by atoms with E-state index in [1.54, 1.807) is 0 Å². The first-order valence-electron chi connectivity index (χ1n) is 5.77. The first-order chi connectivity index (χ1) is 6.40. The quantitative estimate of drug-likeness (QED) is 0.601. The summed E-state index contributed by atoms with van der Waals surface area (Å²) in [4.78, 5) is 0. The van der Waals surface area contributed by atoms with Gasteiger partial charge in [-0.3, -0.25) is 0 Å². The van der Waals surface area contributed by atoms with Crippen LogP contribution in [0, 0.1) is 40.9 Å². The van der Waals surface area contributed by atoms with E-state index < -0.39 is 0 Å². The van der Waals surface area contributed by atoms with Crippen molar-refractivity contribution in [1.82, 2.24) is 0 Å². The zero-order chi connectivity index (χ0) is 8.84. The van der Waals surface area contributed by atoms with Crippen LogP contribution < -0.4 is 0 Å². The van der Waals surface area contributed by atoms with E-state index in [1.807, 2.05) is 0 Å². The molecule has 2 bridgehead atoms. The molecule has 13 heavy (non-hydrogen) atoms. The minimum absolute atomic E-state index is 0.786. The molecular weight excluding hydrogens is 158 g/mol. The van der Waals surface area contributed by atoms with Gasteiger partial charge < -0.3 is 0 Å². The van der Waals surface area contributed by atoms with E-state index in [-0.39, 0.29) is 0 Å². The molecule has 3 aliphatic rings. The Morgan fingerprint density at radius 1 is 1.08 bits per heavy atom. The van der Waals surface area contributed by atoms with Gasteiger partial charge in [-0.25, -0.2) is 0 Å². The van der Waals surface area contributed by atoms with Gasteiger partial charge in [0.15, 0.2) is 0 Å².